The molecule has 3 aromatic rings. The molecule has 7 nitrogen and oxygen atoms in total. The van der Waals surface area contributed by atoms with E-state index in [-0.39, 0.29) is 21.6 Å². The molecule has 8 aliphatic rings. The largest absolute Gasteiger partial charge is 0.295 e. The van der Waals surface area contributed by atoms with Gasteiger partial charge in [-0.15, -0.1) is 0 Å². The van der Waals surface area contributed by atoms with Crippen molar-refractivity contribution in [2.24, 2.45) is 40.5 Å². The minimum atomic E-state index is -0.315. The lowest BCUT2D eigenvalue weighted by molar-refractivity contribution is -0.384. The monoisotopic (exact) mass is 590 g/mol. The van der Waals surface area contributed by atoms with Crippen LogP contribution in [-0.2, 0) is 10.8 Å². The van der Waals surface area contributed by atoms with E-state index in [9.17, 15) is 14.9 Å². The van der Waals surface area contributed by atoms with E-state index < -0.39 is 0 Å². The van der Waals surface area contributed by atoms with Gasteiger partial charge in [0.15, 0.2) is 0 Å². The SMILES string of the molecule is Cc1[nH]n(-c2ccc(C34CC5CC(CC(C5)C3)C4)cc2)c(=O)c1C=Nc1ccc(C23CC4CC(CC(C4)C2)C3)cc1[N+](=O)[O-]. The van der Waals surface area contributed by atoms with Crippen LogP contribution in [-0.4, -0.2) is 20.9 Å². The summed E-state index contributed by atoms with van der Waals surface area (Å²) in [6.07, 6.45) is 17.2. The van der Waals surface area contributed by atoms with Gasteiger partial charge in [-0.2, -0.15) is 0 Å². The third-order valence-electron chi connectivity index (χ3n) is 13.0. The number of nitrogens with zero attached hydrogens (tertiary/aromatic N) is 3. The lowest BCUT2D eigenvalue weighted by Crippen LogP contribution is -2.48. The Morgan fingerprint density at radius 3 is 1.77 bits per heavy atom. The maximum Gasteiger partial charge on any atom is 0.295 e. The van der Waals surface area contributed by atoms with Crippen LogP contribution in [0.3, 0.4) is 0 Å². The van der Waals surface area contributed by atoms with E-state index in [2.05, 4.69) is 40.4 Å². The summed E-state index contributed by atoms with van der Waals surface area (Å²) in [6, 6.07) is 14.3. The highest BCUT2D eigenvalue weighted by atomic mass is 16.6. The summed E-state index contributed by atoms with van der Waals surface area (Å²) in [7, 11) is 0. The molecule has 44 heavy (non-hydrogen) atoms. The Labute approximate surface area is 258 Å². The fourth-order valence-electron chi connectivity index (χ4n) is 12.0. The first-order chi connectivity index (χ1) is 21.3. The molecule has 0 amide bonds. The number of nitrogens with one attached hydrogen (secondary N) is 1. The summed E-state index contributed by atoms with van der Waals surface area (Å²) >= 11 is 0. The molecule has 0 saturated heterocycles. The molecule has 7 heteroatoms. The first kappa shape index (κ1) is 26.9. The van der Waals surface area contributed by atoms with E-state index in [0.717, 1.165) is 66.0 Å². The van der Waals surface area contributed by atoms with Crippen LogP contribution in [0.15, 0.2) is 52.3 Å². The van der Waals surface area contributed by atoms with Crippen molar-refractivity contribution in [3.8, 4) is 5.69 Å². The number of hydrogen-bond acceptors (Lipinski definition) is 4. The van der Waals surface area contributed by atoms with Gasteiger partial charge in [0.2, 0.25) is 0 Å². The minimum absolute atomic E-state index is 0.0308. The number of rotatable bonds is 6. The zero-order chi connectivity index (χ0) is 29.8. The van der Waals surface area contributed by atoms with Crippen LogP contribution >= 0.6 is 0 Å². The molecule has 0 atom stereocenters. The zero-order valence-corrected chi connectivity index (χ0v) is 25.6. The minimum Gasteiger partial charge on any atom is -0.295 e. The number of aromatic nitrogens is 2. The Balaban J connectivity index is 0.987. The molecule has 11 rings (SSSR count). The Morgan fingerprint density at radius 1 is 0.795 bits per heavy atom. The van der Waals surface area contributed by atoms with Gasteiger partial charge >= 0.3 is 0 Å². The maximum atomic E-state index is 13.6. The molecule has 1 N–H and O–H groups in total. The number of nitro groups is 1. The van der Waals surface area contributed by atoms with Crippen LogP contribution < -0.4 is 5.56 Å². The molecule has 0 spiro atoms. The number of benzene rings is 2. The fraction of sp³-hybridized carbons (Fsp3) is 0.568. The van der Waals surface area contributed by atoms with Crippen molar-refractivity contribution < 1.29 is 4.92 Å². The maximum absolute atomic E-state index is 13.6. The van der Waals surface area contributed by atoms with Gasteiger partial charge in [0.1, 0.15) is 5.69 Å². The molecule has 0 aliphatic heterocycles. The normalized spacial score (nSPS) is 36.5. The van der Waals surface area contributed by atoms with Crippen molar-refractivity contribution >= 4 is 17.6 Å². The number of nitro benzene ring substituents is 1. The average Bonchev–Trinajstić information content (AvgIpc) is 3.27. The van der Waals surface area contributed by atoms with Gasteiger partial charge in [-0.05, 0) is 160 Å². The molecule has 228 valence electrons. The van der Waals surface area contributed by atoms with Gasteiger partial charge in [0.05, 0.1) is 16.2 Å². The second kappa shape index (κ2) is 9.51. The van der Waals surface area contributed by atoms with E-state index in [1.807, 2.05) is 6.92 Å². The van der Waals surface area contributed by atoms with Gasteiger partial charge in [-0.1, -0.05) is 18.2 Å². The Hall–Kier alpha value is -3.48. The lowest BCUT2D eigenvalue weighted by Gasteiger charge is -2.57. The van der Waals surface area contributed by atoms with Crippen LogP contribution in [0.5, 0.6) is 0 Å². The Morgan fingerprint density at radius 2 is 1.27 bits per heavy atom. The average molecular weight is 591 g/mol. The van der Waals surface area contributed by atoms with Crippen LogP contribution in [0, 0.1) is 52.5 Å². The fourth-order valence-corrected chi connectivity index (χ4v) is 12.0. The lowest BCUT2D eigenvalue weighted by atomic mass is 9.48. The first-order valence-electron chi connectivity index (χ1n) is 17.0. The van der Waals surface area contributed by atoms with E-state index in [0.29, 0.717) is 22.4 Å². The van der Waals surface area contributed by atoms with Crippen LogP contribution in [0.4, 0.5) is 11.4 Å². The van der Waals surface area contributed by atoms with Crippen molar-refractivity contribution in [1.82, 2.24) is 9.78 Å². The highest BCUT2D eigenvalue weighted by molar-refractivity contribution is 5.84. The molecule has 8 aliphatic carbocycles. The van der Waals surface area contributed by atoms with E-state index in [1.54, 1.807) is 16.8 Å². The van der Waals surface area contributed by atoms with Crippen LogP contribution in [0.1, 0.15) is 99.4 Å². The Kier molecular flexibility index (Phi) is 5.81. The van der Waals surface area contributed by atoms with Gasteiger partial charge in [-0.25, -0.2) is 9.67 Å². The summed E-state index contributed by atoms with van der Waals surface area (Å²) in [6.45, 7) is 1.85. The summed E-state index contributed by atoms with van der Waals surface area (Å²) < 4.78 is 1.57. The topological polar surface area (TPSA) is 93.3 Å². The second-order valence-corrected chi connectivity index (χ2v) is 16.0. The molecule has 2 aromatic carbocycles. The third-order valence-corrected chi connectivity index (χ3v) is 13.0. The number of hydrogen-bond donors (Lipinski definition) is 1. The zero-order valence-electron chi connectivity index (χ0n) is 25.6. The van der Waals surface area contributed by atoms with Crippen molar-refractivity contribution in [2.75, 3.05) is 0 Å². The number of aliphatic imine (C=N–C) groups is 1. The number of aromatic amines is 1. The predicted octanol–water partition coefficient (Wildman–Crippen LogP) is 8.07. The van der Waals surface area contributed by atoms with E-state index in [1.165, 1.54) is 69.6 Å². The van der Waals surface area contributed by atoms with Crippen LogP contribution in [0.2, 0.25) is 0 Å². The van der Waals surface area contributed by atoms with Crippen molar-refractivity contribution in [2.45, 2.75) is 94.8 Å². The molecule has 8 fully saturated rings. The number of H-pyrrole nitrogens is 1. The summed E-state index contributed by atoms with van der Waals surface area (Å²) in [5.41, 5.74) is 5.00. The summed E-state index contributed by atoms with van der Waals surface area (Å²) in [5.74, 6) is 4.97. The van der Waals surface area contributed by atoms with Crippen molar-refractivity contribution in [3.05, 3.63) is 85.3 Å². The molecular formula is C37H42N4O3. The third kappa shape index (κ3) is 4.13. The molecule has 1 aromatic heterocycles. The Bertz CT molecular complexity index is 1670. The molecule has 8 bridgehead atoms. The highest BCUT2D eigenvalue weighted by Crippen LogP contribution is 2.62. The summed E-state index contributed by atoms with van der Waals surface area (Å²) in [4.78, 5) is 30.0. The standard InChI is InChI=1S/C37H42N4O3/c1-22-32(21-38-33-7-4-30(14-34(33)41(43)44)37-18-26-11-27(19-37)13-28(12-26)20-37)35(42)40(39-22)31-5-2-29(3-6-31)36-15-23-8-24(16-36)10-25(9-23)17-36/h2-7,14,21,23-28,39H,8-13,15-20H2,1H3. The van der Waals surface area contributed by atoms with Gasteiger partial charge < -0.3 is 0 Å². The molecule has 8 saturated carbocycles. The molecule has 0 radical (unpaired) electrons. The van der Waals surface area contributed by atoms with Crippen molar-refractivity contribution in [3.63, 3.8) is 0 Å². The van der Waals surface area contributed by atoms with E-state index >= 15 is 0 Å². The van der Waals surface area contributed by atoms with Gasteiger partial charge in [0, 0.05) is 18.0 Å². The molecule has 0 unspecified atom stereocenters. The molecular weight excluding hydrogens is 548 g/mol. The highest BCUT2D eigenvalue weighted by Gasteiger charge is 2.53. The number of aryl methyl sites for hydroxylation is 1. The van der Waals surface area contributed by atoms with Crippen LogP contribution in [0.25, 0.3) is 5.69 Å². The first-order valence-corrected chi connectivity index (χ1v) is 17.0. The second-order valence-electron chi connectivity index (χ2n) is 16.0. The smallest absolute Gasteiger partial charge is 0.295 e. The summed E-state index contributed by atoms with van der Waals surface area (Å²) in [5, 5.41) is 15.4. The molecule has 1 heterocycles. The van der Waals surface area contributed by atoms with Gasteiger partial charge in [0.25, 0.3) is 11.2 Å². The quantitative estimate of drug-likeness (QED) is 0.179. The van der Waals surface area contributed by atoms with Gasteiger partial charge in [-0.3, -0.25) is 20.0 Å². The van der Waals surface area contributed by atoms with Crippen molar-refractivity contribution in [1.29, 1.82) is 0 Å². The predicted molar refractivity (Wildman–Crippen MR) is 171 cm³/mol. The van der Waals surface area contributed by atoms with E-state index in [4.69, 9.17) is 0 Å².